The van der Waals surface area contributed by atoms with Crippen LogP contribution in [0.25, 0.3) is 0 Å². The summed E-state index contributed by atoms with van der Waals surface area (Å²) in [7, 11) is 6.55. The summed E-state index contributed by atoms with van der Waals surface area (Å²) in [5, 5.41) is 0. The zero-order valence-corrected chi connectivity index (χ0v) is 13.5. The Bertz CT molecular complexity index is 459. The van der Waals surface area contributed by atoms with E-state index in [1.807, 2.05) is 36.4 Å². The predicted molar refractivity (Wildman–Crippen MR) is 82.1 cm³/mol. The number of hydrogen-bond acceptors (Lipinski definition) is 2. The fourth-order valence-corrected chi connectivity index (χ4v) is 4.72. The molecule has 2 atom stereocenters. The van der Waals surface area contributed by atoms with E-state index >= 15 is 0 Å². The molecule has 2 nitrogen and oxygen atoms in total. The van der Waals surface area contributed by atoms with E-state index in [-0.39, 0.29) is 9.03 Å². The molecule has 2 aromatic carbocycles. The molecule has 0 bridgehead atoms. The normalized spacial score (nSPS) is 14.7. The zero-order chi connectivity index (χ0) is 14.4. The third-order valence-corrected chi connectivity index (χ3v) is 7.90. The van der Waals surface area contributed by atoms with E-state index in [1.54, 1.807) is 0 Å². The van der Waals surface area contributed by atoms with Crippen LogP contribution >= 0.6 is 9.53 Å². The number of benzene rings is 2. The fourth-order valence-electron chi connectivity index (χ4n) is 1.95. The Balaban J connectivity index is 1.91. The summed E-state index contributed by atoms with van der Waals surface area (Å²) in [6, 6.07) is 20.4. The van der Waals surface area contributed by atoms with Crippen molar-refractivity contribution in [3.05, 3.63) is 71.8 Å². The Labute approximate surface area is 130 Å². The quantitative estimate of drug-likeness (QED) is 0.755. The molecule has 0 spiro atoms. The topological polar surface area (TPSA) is 52.0 Å². The van der Waals surface area contributed by atoms with Gasteiger partial charge in [-0.2, -0.15) is 0 Å². The van der Waals surface area contributed by atoms with Gasteiger partial charge in [-0.05, 0) is 0 Å². The number of rotatable bonds is 6. The van der Waals surface area contributed by atoms with Gasteiger partial charge in [0.15, 0.2) is 0 Å². The van der Waals surface area contributed by atoms with Gasteiger partial charge in [0.25, 0.3) is 0 Å². The van der Waals surface area contributed by atoms with Crippen LogP contribution in [0.15, 0.2) is 60.7 Å². The minimum absolute atomic E-state index is 0.0243. The number of nitrogens with two attached hydrogens (primary N) is 2. The Morgan fingerprint density at radius 3 is 1.45 bits per heavy atom. The Morgan fingerprint density at radius 1 is 0.750 bits per heavy atom. The summed E-state index contributed by atoms with van der Waals surface area (Å²) >= 11 is -1.47. The van der Waals surface area contributed by atoms with Crippen LogP contribution in [0.3, 0.4) is 0 Å². The molecule has 2 unspecified atom stereocenters. The van der Waals surface area contributed by atoms with Crippen molar-refractivity contribution in [1.29, 1.82) is 0 Å². The van der Waals surface area contributed by atoms with Gasteiger partial charge in [0.2, 0.25) is 0 Å². The Kier molecular flexibility index (Phi) is 6.22. The molecule has 0 aliphatic rings. The Morgan fingerprint density at radius 2 is 1.10 bits per heavy atom. The van der Waals surface area contributed by atoms with Crippen LogP contribution in [0.5, 0.6) is 0 Å². The maximum absolute atomic E-state index is 6.55. The standard InChI is InChI=1S/2C8H10N.ClH.Pd/c2*9-7-6-8-4-2-1-3-5-8;;/h2*1-5,7H,6,9H2;1H;/q;;;+1/p-1. The third-order valence-electron chi connectivity index (χ3n) is 2.97. The van der Waals surface area contributed by atoms with E-state index in [1.165, 1.54) is 11.1 Å². The van der Waals surface area contributed by atoms with E-state index in [9.17, 15) is 0 Å². The van der Waals surface area contributed by atoms with Gasteiger partial charge in [-0.3, -0.25) is 0 Å². The summed E-state index contributed by atoms with van der Waals surface area (Å²) in [5.41, 5.74) is 14.9. The van der Waals surface area contributed by atoms with Crippen LogP contribution in [0.2, 0.25) is 0 Å². The molecule has 0 heterocycles. The molecule has 0 aliphatic heterocycles. The van der Waals surface area contributed by atoms with Gasteiger partial charge in [0, 0.05) is 0 Å². The van der Waals surface area contributed by atoms with Crippen molar-refractivity contribution in [2.24, 2.45) is 11.5 Å². The molecular formula is C16H20ClN2Pd. The van der Waals surface area contributed by atoms with Crippen molar-refractivity contribution in [1.82, 2.24) is 0 Å². The average molecular weight is 382 g/mol. The van der Waals surface area contributed by atoms with Gasteiger partial charge in [-0.15, -0.1) is 0 Å². The molecule has 2 aromatic rings. The summed E-state index contributed by atoms with van der Waals surface area (Å²) in [5.74, 6) is 0. The van der Waals surface area contributed by atoms with Gasteiger partial charge in [0.1, 0.15) is 0 Å². The first-order valence-electron chi connectivity index (χ1n) is 6.50. The van der Waals surface area contributed by atoms with Crippen molar-refractivity contribution >= 4 is 9.53 Å². The molecule has 0 saturated heterocycles. The molecule has 0 aromatic heterocycles. The second-order valence-corrected chi connectivity index (χ2v) is 9.70. The first-order chi connectivity index (χ1) is 9.66. The van der Waals surface area contributed by atoms with E-state index in [0.717, 1.165) is 12.8 Å². The van der Waals surface area contributed by atoms with Crippen molar-refractivity contribution in [2.75, 3.05) is 0 Å². The van der Waals surface area contributed by atoms with Gasteiger partial charge >= 0.3 is 130 Å². The monoisotopic (exact) mass is 381 g/mol. The first-order valence-corrected chi connectivity index (χ1v) is 10.3. The predicted octanol–water partition coefficient (Wildman–Crippen LogP) is 2.81. The van der Waals surface area contributed by atoms with Crippen molar-refractivity contribution in [3.63, 3.8) is 0 Å². The van der Waals surface area contributed by atoms with Crippen LogP contribution in [0, 0.1) is 0 Å². The van der Waals surface area contributed by atoms with Gasteiger partial charge in [-0.1, -0.05) is 0 Å². The zero-order valence-electron chi connectivity index (χ0n) is 11.2. The number of halogens is 1. The average Bonchev–Trinajstić information content (AvgIpc) is 2.48. The number of hydrogen-bond donors (Lipinski definition) is 2. The summed E-state index contributed by atoms with van der Waals surface area (Å²) in [6.07, 6.45) is 1.60. The van der Waals surface area contributed by atoms with Gasteiger partial charge in [0.05, 0.1) is 0 Å². The van der Waals surface area contributed by atoms with Crippen LogP contribution in [-0.4, -0.2) is 9.03 Å². The molecule has 2 rings (SSSR count). The van der Waals surface area contributed by atoms with Crippen LogP contribution in [-0.2, 0) is 28.6 Å². The summed E-state index contributed by atoms with van der Waals surface area (Å²) in [6.45, 7) is 0. The summed E-state index contributed by atoms with van der Waals surface area (Å²) < 4.78 is -0.0486. The molecule has 0 aliphatic carbocycles. The third kappa shape index (κ3) is 4.70. The van der Waals surface area contributed by atoms with E-state index in [4.69, 9.17) is 21.0 Å². The van der Waals surface area contributed by atoms with Crippen molar-refractivity contribution in [3.8, 4) is 0 Å². The minimum atomic E-state index is -1.47. The molecule has 4 N–H and O–H groups in total. The van der Waals surface area contributed by atoms with Crippen molar-refractivity contribution < 1.29 is 15.7 Å². The maximum atomic E-state index is 6.55. The fraction of sp³-hybridized carbons (Fsp3) is 0.250. The molecule has 0 saturated carbocycles. The van der Waals surface area contributed by atoms with Crippen molar-refractivity contribution in [2.45, 2.75) is 21.9 Å². The summed E-state index contributed by atoms with van der Waals surface area (Å²) in [4.78, 5) is 0. The van der Waals surface area contributed by atoms with Crippen LogP contribution in [0.4, 0.5) is 0 Å². The van der Waals surface area contributed by atoms with Gasteiger partial charge < -0.3 is 0 Å². The van der Waals surface area contributed by atoms with E-state index in [2.05, 4.69) is 24.3 Å². The van der Waals surface area contributed by atoms with Crippen LogP contribution < -0.4 is 11.5 Å². The molecule has 0 radical (unpaired) electrons. The second-order valence-electron chi connectivity index (χ2n) is 4.56. The molecule has 111 valence electrons. The van der Waals surface area contributed by atoms with Crippen LogP contribution in [0.1, 0.15) is 11.1 Å². The first kappa shape index (κ1) is 15.7. The molecule has 4 heteroatoms. The SMILES string of the molecule is N[CH](Cc1ccccc1)[Pd]([Cl])[CH](N)Cc1ccccc1. The molecular weight excluding hydrogens is 362 g/mol. The van der Waals surface area contributed by atoms with E-state index < -0.39 is 15.7 Å². The second kappa shape index (κ2) is 7.93. The molecule has 20 heavy (non-hydrogen) atoms. The molecule has 0 amide bonds. The van der Waals surface area contributed by atoms with Gasteiger partial charge in [-0.25, -0.2) is 0 Å². The molecule has 0 fully saturated rings. The Hall–Kier alpha value is -0.688. The van der Waals surface area contributed by atoms with E-state index in [0.29, 0.717) is 0 Å².